The van der Waals surface area contributed by atoms with Gasteiger partial charge in [0.2, 0.25) is 0 Å². The number of aliphatic hydroxyl groups is 1. The minimum absolute atomic E-state index is 0.332. The van der Waals surface area contributed by atoms with Crippen LogP contribution in [0.3, 0.4) is 0 Å². The van der Waals surface area contributed by atoms with E-state index in [0.717, 1.165) is 0 Å². The van der Waals surface area contributed by atoms with E-state index >= 15 is 0 Å². The van der Waals surface area contributed by atoms with Crippen molar-refractivity contribution in [3.8, 4) is 0 Å². The number of hydrogen-bond acceptors (Lipinski definition) is 1. The van der Waals surface area contributed by atoms with Crippen molar-refractivity contribution in [2.75, 3.05) is 6.61 Å². The van der Waals surface area contributed by atoms with Crippen molar-refractivity contribution < 1.29 is 5.11 Å². The molecule has 0 amide bonds. The van der Waals surface area contributed by atoms with Crippen molar-refractivity contribution in [2.45, 2.75) is 26.7 Å². The summed E-state index contributed by atoms with van der Waals surface area (Å²) in [6, 6.07) is 0. The predicted molar refractivity (Wildman–Crippen MR) is 47.3 cm³/mol. The zero-order valence-corrected chi connectivity index (χ0v) is 7.51. The molecule has 1 aliphatic rings. The summed E-state index contributed by atoms with van der Waals surface area (Å²) in [4.78, 5) is 0. The van der Waals surface area contributed by atoms with E-state index in [2.05, 4.69) is 20.4 Å². The average molecular weight is 154 g/mol. The van der Waals surface area contributed by atoms with Crippen molar-refractivity contribution >= 4 is 0 Å². The van der Waals surface area contributed by atoms with Gasteiger partial charge in [-0.3, -0.25) is 0 Å². The molecule has 2 unspecified atom stereocenters. The third-order valence-corrected chi connectivity index (χ3v) is 3.02. The van der Waals surface area contributed by atoms with Crippen LogP contribution in [0.25, 0.3) is 0 Å². The second kappa shape index (κ2) is 3.40. The lowest BCUT2D eigenvalue weighted by atomic mass is 9.87. The van der Waals surface area contributed by atoms with Crippen LogP contribution in [-0.4, -0.2) is 11.7 Å². The summed E-state index contributed by atoms with van der Waals surface area (Å²) >= 11 is 0. The minimum atomic E-state index is 0.332. The third kappa shape index (κ3) is 1.64. The normalized spacial score (nSPS) is 37.5. The Bertz CT molecular complexity index is 151. The Kier molecular flexibility index (Phi) is 2.72. The van der Waals surface area contributed by atoms with Gasteiger partial charge in [-0.05, 0) is 37.5 Å². The fourth-order valence-corrected chi connectivity index (χ4v) is 2.19. The van der Waals surface area contributed by atoms with Crippen molar-refractivity contribution in [1.29, 1.82) is 0 Å². The highest BCUT2D eigenvalue weighted by Crippen LogP contribution is 2.39. The molecular weight excluding hydrogens is 136 g/mol. The van der Waals surface area contributed by atoms with Crippen LogP contribution in [-0.2, 0) is 0 Å². The molecule has 1 saturated carbocycles. The molecule has 0 aliphatic heterocycles. The molecule has 1 rings (SSSR count). The first-order valence-electron chi connectivity index (χ1n) is 4.43. The molecule has 0 heterocycles. The van der Waals surface area contributed by atoms with Crippen LogP contribution in [0.1, 0.15) is 26.7 Å². The van der Waals surface area contributed by atoms with Crippen LogP contribution < -0.4 is 0 Å². The monoisotopic (exact) mass is 154 g/mol. The third-order valence-electron chi connectivity index (χ3n) is 3.02. The molecule has 0 aromatic carbocycles. The molecule has 0 radical (unpaired) electrons. The van der Waals surface area contributed by atoms with E-state index in [1.54, 1.807) is 0 Å². The zero-order valence-electron chi connectivity index (χ0n) is 7.51. The first-order valence-corrected chi connectivity index (χ1v) is 4.43. The van der Waals surface area contributed by atoms with Gasteiger partial charge < -0.3 is 5.11 Å². The second-order valence-corrected chi connectivity index (χ2v) is 3.85. The van der Waals surface area contributed by atoms with Crippen molar-refractivity contribution in [3.05, 3.63) is 12.2 Å². The lowest BCUT2D eigenvalue weighted by Crippen LogP contribution is -2.17. The van der Waals surface area contributed by atoms with Gasteiger partial charge in [0.05, 0.1) is 0 Å². The molecule has 0 bridgehead atoms. The van der Waals surface area contributed by atoms with Gasteiger partial charge in [0.15, 0.2) is 0 Å². The van der Waals surface area contributed by atoms with Gasteiger partial charge in [-0.15, -0.1) is 0 Å². The van der Waals surface area contributed by atoms with Crippen LogP contribution in [0.15, 0.2) is 12.2 Å². The van der Waals surface area contributed by atoms with E-state index < -0.39 is 0 Å². The standard InChI is InChI=1S/C10H18O/c1-7(2)9-5-4-8(3)10(9)6-11/h8-11H,1,4-6H2,2-3H3/t8-,9?,10?/m1/s1. The molecular formula is C10H18O. The van der Waals surface area contributed by atoms with Crippen LogP contribution in [0.5, 0.6) is 0 Å². The second-order valence-electron chi connectivity index (χ2n) is 3.85. The van der Waals surface area contributed by atoms with Gasteiger partial charge in [-0.25, -0.2) is 0 Å². The van der Waals surface area contributed by atoms with Crippen molar-refractivity contribution in [3.63, 3.8) is 0 Å². The topological polar surface area (TPSA) is 20.2 Å². The molecule has 1 aliphatic carbocycles. The molecule has 1 fully saturated rings. The molecule has 0 aromatic heterocycles. The lowest BCUT2D eigenvalue weighted by Gasteiger charge is -2.20. The Morgan fingerprint density at radius 2 is 2.18 bits per heavy atom. The van der Waals surface area contributed by atoms with Gasteiger partial charge in [0, 0.05) is 6.61 Å². The summed E-state index contributed by atoms with van der Waals surface area (Å²) in [6.07, 6.45) is 2.48. The van der Waals surface area contributed by atoms with E-state index in [1.165, 1.54) is 18.4 Å². The summed E-state index contributed by atoms with van der Waals surface area (Å²) in [5, 5.41) is 9.11. The molecule has 1 heteroatoms. The Labute approximate surface area is 69.1 Å². The first kappa shape index (κ1) is 8.79. The van der Waals surface area contributed by atoms with Crippen LogP contribution >= 0.6 is 0 Å². The first-order chi connectivity index (χ1) is 5.16. The highest BCUT2D eigenvalue weighted by Gasteiger charge is 2.32. The summed E-state index contributed by atoms with van der Waals surface area (Å²) in [5.41, 5.74) is 1.24. The van der Waals surface area contributed by atoms with Gasteiger partial charge in [0.1, 0.15) is 0 Å². The van der Waals surface area contributed by atoms with Crippen molar-refractivity contribution in [2.24, 2.45) is 17.8 Å². The number of allylic oxidation sites excluding steroid dienone is 1. The van der Waals surface area contributed by atoms with Crippen LogP contribution in [0.2, 0.25) is 0 Å². The van der Waals surface area contributed by atoms with Crippen LogP contribution in [0.4, 0.5) is 0 Å². The van der Waals surface area contributed by atoms with E-state index in [1.807, 2.05) is 0 Å². The number of hydrogen-bond donors (Lipinski definition) is 1. The molecule has 11 heavy (non-hydrogen) atoms. The van der Waals surface area contributed by atoms with Crippen LogP contribution in [0, 0.1) is 17.8 Å². The quantitative estimate of drug-likeness (QED) is 0.605. The van der Waals surface area contributed by atoms with E-state index in [9.17, 15) is 0 Å². The molecule has 3 atom stereocenters. The van der Waals surface area contributed by atoms with Crippen molar-refractivity contribution in [1.82, 2.24) is 0 Å². The SMILES string of the molecule is C=C(C)C1CC[C@@H](C)C1CO. The Morgan fingerprint density at radius 1 is 1.55 bits per heavy atom. The highest BCUT2D eigenvalue weighted by molar-refractivity contribution is 5.03. The van der Waals surface area contributed by atoms with E-state index in [4.69, 9.17) is 5.11 Å². The van der Waals surface area contributed by atoms with E-state index in [-0.39, 0.29) is 0 Å². The van der Waals surface area contributed by atoms with Gasteiger partial charge >= 0.3 is 0 Å². The molecule has 64 valence electrons. The summed E-state index contributed by atoms with van der Waals surface area (Å²) in [5.74, 6) is 1.74. The summed E-state index contributed by atoms with van der Waals surface area (Å²) in [6.45, 7) is 8.59. The molecule has 0 spiro atoms. The molecule has 1 N–H and O–H groups in total. The smallest absolute Gasteiger partial charge is 0.0467 e. The fourth-order valence-electron chi connectivity index (χ4n) is 2.19. The molecule has 0 aromatic rings. The predicted octanol–water partition coefficient (Wildman–Crippen LogP) is 2.22. The Morgan fingerprint density at radius 3 is 2.55 bits per heavy atom. The Balaban J connectivity index is 2.61. The van der Waals surface area contributed by atoms with Gasteiger partial charge in [-0.1, -0.05) is 19.1 Å². The number of aliphatic hydroxyl groups excluding tert-OH is 1. The minimum Gasteiger partial charge on any atom is -0.396 e. The van der Waals surface area contributed by atoms with Gasteiger partial charge in [0.25, 0.3) is 0 Å². The highest BCUT2D eigenvalue weighted by atomic mass is 16.3. The Hall–Kier alpha value is -0.300. The molecule has 0 saturated heterocycles. The average Bonchev–Trinajstić information content (AvgIpc) is 2.30. The molecule has 1 nitrogen and oxygen atoms in total. The summed E-state index contributed by atoms with van der Waals surface area (Å²) < 4.78 is 0. The largest absolute Gasteiger partial charge is 0.396 e. The number of rotatable bonds is 2. The zero-order chi connectivity index (χ0) is 8.43. The van der Waals surface area contributed by atoms with E-state index in [0.29, 0.717) is 24.4 Å². The maximum Gasteiger partial charge on any atom is 0.0467 e. The fraction of sp³-hybridized carbons (Fsp3) is 0.800. The van der Waals surface area contributed by atoms with Gasteiger partial charge in [-0.2, -0.15) is 0 Å². The summed E-state index contributed by atoms with van der Waals surface area (Å²) in [7, 11) is 0. The lowest BCUT2D eigenvalue weighted by molar-refractivity contribution is 0.178. The maximum atomic E-state index is 9.11. The maximum absolute atomic E-state index is 9.11.